The van der Waals surface area contributed by atoms with Gasteiger partial charge < -0.3 is 22.1 Å². The van der Waals surface area contributed by atoms with E-state index in [0.29, 0.717) is 11.4 Å². The van der Waals surface area contributed by atoms with Crippen LogP contribution in [0, 0.1) is 0 Å². The molecule has 0 aliphatic heterocycles. The van der Waals surface area contributed by atoms with Crippen LogP contribution in [-0.4, -0.2) is 11.9 Å². The summed E-state index contributed by atoms with van der Waals surface area (Å²) in [5.74, 6) is -0.289. The lowest BCUT2D eigenvalue weighted by Crippen LogP contribution is -2.27. The van der Waals surface area contributed by atoms with Gasteiger partial charge in [0.15, 0.2) is 0 Å². The number of thiophene rings is 1. The molecule has 0 spiro atoms. The zero-order chi connectivity index (χ0) is 14.5. The fourth-order valence-corrected chi connectivity index (χ4v) is 2.32. The summed E-state index contributed by atoms with van der Waals surface area (Å²) in [6, 6.07) is 8.91. The Morgan fingerprint density at radius 2 is 1.65 bits per heavy atom. The van der Waals surface area contributed by atoms with Crippen LogP contribution in [0.1, 0.15) is 10.9 Å². The van der Waals surface area contributed by atoms with E-state index in [0.717, 1.165) is 4.88 Å². The van der Waals surface area contributed by atoms with Gasteiger partial charge in [-0.3, -0.25) is 4.79 Å². The molecule has 0 fully saturated rings. The summed E-state index contributed by atoms with van der Waals surface area (Å²) in [5.41, 5.74) is 12.0. The van der Waals surface area contributed by atoms with Gasteiger partial charge in [0.1, 0.15) is 6.04 Å². The molecule has 7 heteroatoms. The van der Waals surface area contributed by atoms with E-state index in [1.807, 2.05) is 17.5 Å². The van der Waals surface area contributed by atoms with Crippen LogP contribution in [0.3, 0.4) is 0 Å². The molecule has 1 unspecified atom stereocenters. The Kier molecular flexibility index (Phi) is 4.34. The normalized spacial score (nSPS) is 11.7. The minimum Gasteiger partial charge on any atom is -0.351 e. The number of primary amides is 1. The summed E-state index contributed by atoms with van der Waals surface area (Å²) < 4.78 is 0. The van der Waals surface area contributed by atoms with Crippen LogP contribution < -0.4 is 22.1 Å². The van der Waals surface area contributed by atoms with Crippen LogP contribution in [0.25, 0.3) is 0 Å². The molecule has 20 heavy (non-hydrogen) atoms. The van der Waals surface area contributed by atoms with Gasteiger partial charge in [-0.2, -0.15) is 0 Å². The Morgan fingerprint density at radius 3 is 2.15 bits per heavy atom. The number of rotatable bonds is 4. The number of urea groups is 1. The van der Waals surface area contributed by atoms with Crippen molar-refractivity contribution in [1.29, 1.82) is 0 Å². The molecule has 0 bridgehead atoms. The highest BCUT2D eigenvalue weighted by molar-refractivity contribution is 7.10. The molecule has 6 N–H and O–H groups in total. The molecule has 0 saturated heterocycles. The first-order valence-corrected chi connectivity index (χ1v) is 6.70. The molecule has 1 heterocycles. The summed E-state index contributed by atoms with van der Waals surface area (Å²) in [5, 5.41) is 7.01. The molecule has 2 aromatic rings. The van der Waals surface area contributed by atoms with Crippen molar-refractivity contribution in [2.24, 2.45) is 11.5 Å². The number of hydrogen-bond donors (Lipinski definition) is 4. The molecule has 0 aliphatic carbocycles. The Balaban J connectivity index is 1.99. The van der Waals surface area contributed by atoms with Gasteiger partial charge in [0.25, 0.3) is 0 Å². The molecule has 2 rings (SSSR count). The van der Waals surface area contributed by atoms with Crippen LogP contribution in [0.15, 0.2) is 41.8 Å². The molecule has 3 amide bonds. The number of carbonyl (C=O) groups is 2. The van der Waals surface area contributed by atoms with Gasteiger partial charge >= 0.3 is 6.03 Å². The van der Waals surface area contributed by atoms with Gasteiger partial charge in [-0.05, 0) is 35.7 Å². The van der Waals surface area contributed by atoms with Crippen LogP contribution >= 0.6 is 11.3 Å². The van der Waals surface area contributed by atoms with Crippen molar-refractivity contribution >= 4 is 34.6 Å². The third-order valence-corrected chi connectivity index (χ3v) is 3.51. The number of carbonyl (C=O) groups excluding carboxylic acids is 2. The zero-order valence-corrected chi connectivity index (χ0v) is 11.3. The summed E-state index contributed by atoms with van der Waals surface area (Å²) in [6.07, 6.45) is 0. The van der Waals surface area contributed by atoms with Gasteiger partial charge in [0, 0.05) is 16.3 Å². The van der Waals surface area contributed by atoms with Crippen molar-refractivity contribution in [3.63, 3.8) is 0 Å². The van der Waals surface area contributed by atoms with E-state index in [9.17, 15) is 9.59 Å². The van der Waals surface area contributed by atoms with Crippen molar-refractivity contribution in [3.8, 4) is 0 Å². The predicted molar refractivity (Wildman–Crippen MR) is 79.5 cm³/mol. The fraction of sp³-hybridized carbons (Fsp3) is 0.0769. The fourth-order valence-electron chi connectivity index (χ4n) is 1.60. The Hall–Kier alpha value is -2.38. The van der Waals surface area contributed by atoms with Crippen molar-refractivity contribution in [2.45, 2.75) is 6.04 Å². The van der Waals surface area contributed by atoms with E-state index in [-0.39, 0.29) is 5.91 Å². The molecule has 1 atom stereocenters. The highest BCUT2D eigenvalue weighted by atomic mass is 32.1. The van der Waals surface area contributed by atoms with E-state index in [4.69, 9.17) is 11.5 Å². The number of nitrogens with two attached hydrogens (primary N) is 2. The Labute approximate surface area is 119 Å². The largest absolute Gasteiger partial charge is 0.351 e. The quantitative estimate of drug-likeness (QED) is 0.690. The second kappa shape index (κ2) is 6.18. The second-order valence-corrected chi connectivity index (χ2v) is 5.03. The summed E-state index contributed by atoms with van der Waals surface area (Å²) >= 11 is 1.43. The molecule has 104 valence electrons. The standard InChI is InChI=1S/C13H14N4O2S/c14-11(10-2-1-7-20-10)12(18)16-8-3-5-9(6-4-8)17-13(15)19/h1-7,11H,14H2,(H,16,18)(H3,15,17,19). The van der Waals surface area contributed by atoms with Crippen LogP contribution in [0.4, 0.5) is 16.2 Å². The van der Waals surface area contributed by atoms with Gasteiger partial charge in [0.2, 0.25) is 5.91 Å². The van der Waals surface area contributed by atoms with Gasteiger partial charge in [-0.25, -0.2) is 4.79 Å². The lowest BCUT2D eigenvalue weighted by molar-refractivity contribution is -0.117. The molecule has 1 aromatic heterocycles. The van der Waals surface area contributed by atoms with Crippen molar-refractivity contribution in [2.75, 3.05) is 10.6 Å². The lowest BCUT2D eigenvalue weighted by atomic mass is 10.2. The average molecular weight is 290 g/mol. The molecule has 1 aromatic carbocycles. The summed E-state index contributed by atoms with van der Waals surface area (Å²) in [6.45, 7) is 0. The first-order valence-electron chi connectivity index (χ1n) is 5.82. The molecular weight excluding hydrogens is 276 g/mol. The highest BCUT2D eigenvalue weighted by Crippen LogP contribution is 2.19. The molecule has 6 nitrogen and oxygen atoms in total. The monoisotopic (exact) mass is 290 g/mol. The number of nitrogens with one attached hydrogen (secondary N) is 2. The van der Waals surface area contributed by atoms with E-state index in [1.165, 1.54) is 11.3 Å². The maximum Gasteiger partial charge on any atom is 0.316 e. The molecule has 0 radical (unpaired) electrons. The minimum absolute atomic E-state index is 0.289. The molecule has 0 saturated carbocycles. The first kappa shape index (κ1) is 14.0. The van der Waals surface area contributed by atoms with Crippen molar-refractivity contribution in [3.05, 3.63) is 46.7 Å². The Morgan fingerprint density at radius 1 is 1.05 bits per heavy atom. The van der Waals surface area contributed by atoms with E-state index in [1.54, 1.807) is 24.3 Å². The Bertz CT molecular complexity index is 595. The second-order valence-electron chi connectivity index (χ2n) is 4.05. The smallest absolute Gasteiger partial charge is 0.316 e. The van der Waals surface area contributed by atoms with Crippen LogP contribution in [0.2, 0.25) is 0 Å². The lowest BCUT2D eigenvalue weighted by Gasteiger charge is -2.11. The zero-order valence-electron chi connectivity index (χ0n) is 10.5. The van der Waals surface area contributed by atoms with Gasteiger partial charge in [0.05, 0.1) is 0 Å². The van der Waals surface area contributed by atoms with Gasteiger partial charge in [-0.15, -0.1) is 11.3 Å². The highest BCUT2D eigenvalue weighted by Gasteiger charge is 2.16. The number of anilines is 2. The maximum atomic E-state index is 12.0. The average Bonchev–Trinajstić information content (AvgIpc) is 2.93. The van der Waals surface area contributed by atoms with Crippen LogP contribution in [-0.2, 0) is 4.79 Å². The van der Waals surface area contributed by atoms with E-state index >= 15 is 0 Å². The summed E-state index contributed by atoms with van der Waals surface area (Å²) in [4.78, 5) is 23.4. The van der Waals surface area contributed by atoms with Crippen LogP contribution in [0.5, 0.6) is 0 Å². The van der Waals surface area contributed by atoms with Crippen molar-refractivity contribution in [1.82, 2.24) is 0 Å². The molecular formula is C13H14N4O2S. The number of benzene rings is 1. The van der Waals surface area contributed by atoms with E-state index < -0.39 is 12.1 Å². The molecule has 0 aliphatic rings. The van der Waals surface area contributed by atoms with Crippen molar-refractivity contribution < 1.29 is 9.59 Å². The first-order chi connectivity index (χ1) is 9.56. The SMILES string of the molecule is NC(=O)Nc1ccc(NC(=O)C(N)c2cccs2)cc1. The predicted octanol–water partition coefficient (Wildman–Crippen LogP) is 1.88. The maximum absolute atomic E-state index is 12.0. The third-order valence-electron chi connectivity index (χ3n) is 2.55. The third kappa shape index (κ3) is 3.56. The number of hydrogen-bond acceptors (Lipinski definition) is 4. The minimum atomic E-state index is -0.696. The topological polar surface area (TPSA) is 110 Å². The number of amides is 3. The van der Waals surface area contributed by atoms with Gasteiger partial charge in [-0.1, -0.05) is 6.07 Å². The summed E-state index contributed by atoms with van der Waals surface area (Å²) in [7, 11) is 0. The van der Waals surface area contributed by atoms with E-state index in [2.05, 4.69) is 10.6 Å².